The number of non-ortho nitro benzene ring substituents is 1. The summed E-state index contributed by atoms with van der Waals surface area (Å²) >= 11 is 0. The van der Waals surface area contributed by atoms with Crippen LogP contribution in [0.25, 0.3) is 0 Å². The van der Waals surface area contributed by atoms with Crippen LogP contribution in [0, 0.1) is 21.4 Å². The zero-order chi connectivity index (χ0) is 16.7. The molecule has 0 bridgehead atoms. The molecule has 1 aromatic rings. The van der Waals surface area contributed by atoms with E-state index in [-0.39, 0.29) is 34.3 Å². The number of nitro groups is 1. The number of benzene rings is 1. The average Bonchev–Trinajstić information content (AvgIpc) is 3.05. The van der Waals surface area contributed by atoms with Gasteiger partial charge in [-0.25, -0.2) is 0 Å². The molecule has 0 spiro atoms. The highest BCUT2D eigenvalue weighted by Gasteiger charge is 2.51. The van der Waals surface area contributed by atoms with Crippen LogP contribution in [0.2, 0.25) is 0 Å². The lowest BCUT2D eigenvalue weighted by Gasteiger charge is -2.42. The smallest absolute Gasteiger partial charge is 0.269 e. The van der Waals surface area contributed by atoms with Crippen molar-refractivity contribution in [2.45, 2.75) is 38.6 Å². The third-order valence-corrected chi connectivity index (χ3v) is 6.16. The number of nitrogens with one attached hydrogen (secondary N) is 1. The van der Waals surface area contributed by atoms with E-state index in [4.69, 9.17) is 0 Å². The molecule has 2 heterocycles. The molecule has 7 heteroatoms. The average molecular weight is 366 g/mol. The summed E-state index contributed by atoms with van der Waals surface area (Å²) in [5, 5.41) is 14.4. The molecule has 0 unspecified atom stereocenters. The molecule has 4 rings (SSSR count). The van der Waals surface area contributed by atoms with Crippen molar-refractivity contribution >= 4 is 24.0 Å². The highest BCUT2D eigenvalue weighted by molar-refractivity contribution is 5.85. The van der Waals surface area contributed by atoms with Gasteiger partial charge in [0.25, 0.3) is 5.69 Å². The molecule has 0 aromatic heterocycles. The second kappa shape index (κ2) is 6.92. The topological polar surface area (TPSA) is 75.5 Å². The van der Waals surface area contributed by atoms with Crippen molar-refractivity contribution < 1.29 is 9.72 Å². The van der Waals surface area contributed by atoms with E-state index in [0.29, 0.717) is 12.5 Å². The Morgan fingerprint density at radius 3 is 2.96 bits per heavy atom. The quantitative estimate of drug-likeness (QED) is 0.645. The summed E-state index contributed by atoms with van der Waals surface area (Å²) < 4.78 is 0. The van der Waals surface area contributed by atoms with Gasteiger partial charge in [-0.05, 0) is 42.9 Å². The van der Waals surface area contributed by atoms with Gasteiger partial charge >= 0.3 is 0 Å². The number of nitrogens with zero attached hydrogens (tertiary/aromatic N) is 2. The minimum atomic E-state index is -0.363. The van der Waals surface area contributed by atoms with Gasteiger partial charge < -0.3 is 10.2 Å². The maximum atomic E-state index is 13.3. The van der Waals surface area contributed by atoms with Crippen LogP contribution in [0.4, 0.5) is 5.69 Å². The van der Waals surface area contributed by atoms with E-state index >= 15 is 0 Å². The van der Waals surface area contributed by atoms with Crippen molar-refractivity contribution in [2.24, 2.45) is 11.3 Å². The molecule has 25 heavy (non-hydrogen) atoms. The fraction of sp³-hybridized carbons (Fsp3) is 0.611. The molecular weight excluding hydrogens is 342 g/mol. The number of rotatable bonds is 2. The van der Waals surface area contributed by atoms with E-state index < -0.39 is 0 Å². The first-order chi connectivity index (χ1) is 11.6. The molecule has 136 valence electrons. The second-order valence-electron chi connectivity index (χ2n) is 7.42. The first-order valence-electron chi connectivity index (χ1n) is 8.86. The summed E-state index contributed by atoms with van der Waals surface area (Å²) in [7, 11) is 0. The largest absolute Gasteiger partial charge is 0.337 e. The molecule has 1 aliphatic carbocycles. The number of halogens is 1. The Morgan fingerprint density at radius 1 is 1.32 bits per heavy atom. The molecule has 0 radical (unpaired) electrons. The van der Waals surface area contributed by atoms with E-state index in [9.17, 15) is 14.9 Å². The Bertz CT molecular complexity index is 696. The van der Waals surface area contributed by atoms with Crippen molar-refractivity contribution in [2.75, 3.05) is 19.6 Å². The highest BCUT2D eigenvalue weighted by Crippen LogP contribution is 2.45. The van der Waals surface area contributed by atoms with Crippen molar-refractivity contribution in [1.82, 2.24) is 10.2 Å². The number of fused-ring (bicyclic) bond motifs is 2. The third kappa shape index (κ3) is 3.02. The van der Waals surface area contributed by atoms with Gasteiger partial charge in [-0.1, -0.05) is 18.9 Å². The Hall–Kier alpha value is -1.66. The molecule has 1 aromatic carbocycles. The number of hydrogen-bond donors (Lipinski definition) is 1. The zero-order valence-electron chi connectivity index (χ0n) is 14.2. The fourth-order valence-corrected chi connectivity index (χ4v) is 4.81. The van der Waals surface area contributed by atoms with E-state index in [1.54, 1.807) is 12.1 Å². The number of carbonyl (C=O) groups excluding carboxylic acids is 1. The predicted octanol–water partition coefficient (Wildman–Crippen LogP) is 2.68. The molecule has 1 N–H and O–H groups in total. The second-order valence-corrected chi connectivity index (χ2v) is 7.42. The van der Waals surface area contributed by atoms with Gasteiger partial charge in [-0.3, -0.25) is 14.9 Å². The summed E-state index contributed by atoms with van der Waals surface area (Å²) in [5.41, 5.74) is 1.93. The minimum absolute atomic E-state index is 0. The van der Waals surface area contributed by atoms with Crippen LogP contribution in [0.1, 0.15) is 36.8 Å². The summed E-state index contributed by atoms with van der Waals surface area (Å²) in [6.45, 7) is 2.96. The van der Waals surface area contributed by atoms with Gasteiger partial charge in [0.1, 0.15) is 0 Å². The van der Waals surface area contributed by atoms with E-state index in [1.165, 1.54) is 6.42 Å². The molecule has 2 atom stereocenters. The van der Waals surface area contributed by atoms with Crippen molar-refractivity contribution in [1.29, 1.82) is 0 Å². The molecule has 6 nitrogen and oxygen atoms in total. The third-order valence-electron chi connectivity index (χ3n) is 6.16. The lowest BCUT2D eigenvalue weighted by Crippen LogP contribution is -2.51. The van der Waals surface area contributed by atoms with Crippen LogP contribution in [0.3, 0.4) is 0 Å². The van der Waals surface area contributed by atoms with Crippen molar-refractivity contribution in [3.05, 3.63) is 39.4 Å². The summed E-state index contributed by atoms with van der Waals surface area (Å²) in [4.78, 5) is 25.9. The Labute approximate surface area is 153 Å². The predicted molar refractivity (Wildman–Crippen MR) is 96.7 cm³/mol. The monoisotopic (exact) mass is 365 g/mol. The summed E-state index contributed by atoms with van der Waals surface area (Å²) in [6.07, 6.45) is 5.24. The van der Waals surface area contributed by atoms with Gasteiger partial charge in [-0.15, -0.1) is 12.4 Å². The van der Waals surface area contributed by atoms with Crippen LogP contribution in [0.5, 0.6) is 0 Å². The van der Waals surface area contributed by atoms with Gasteiger partial charge in [-0.2, -0.15) is 0 Å². The first-order valence-corrected chi connectivity index (χ1v) is 8.86. The summed E-state index contributed by atoms with van der Waals surface area (Å²) in [5.74, 6) is 0.708. The number of nitro benzene ring substituents is 1. The van der Waals surface area contributed by atoms with Crippen LogP contribution >= 0.6 is 12.4 Å². The minimum Gasteiger partial charge on any atom is -0.337 e. The molecule has 2 fully saturated rings. The maximum Gasteiger partial charge on any atom is 0.269 e. The Balaban J connectivity index is 0.00000182. The van der Waals surface area contributed by atoms with Gasteiger partial charge in [0, 0.05) is 31.8 Å². The molecule has 1 amide bonds. The van der Waals surface area contributed by atoms with Gasteiger partial charge in [0.05, 0.1) is 10.3 Å². The lowest BCUT2D eigenvalue weighted by atomic mass is 9.67. The van der Waals surface area contributed by atoms with E-state index in [1.807, 2.05) is 11.0 Å². The molecule has 1 saturated heterocycles. The Morgan fingerprint density at radius 2 is 2.16 bits per heavy atom. The number of amides is 1. The van der Waals surface area contributed by atoms with Crippen LogP contribution < -0.4 is 5.32 Å². The van der Waals surface area contributed by atoms with Crippen LogP contribution in [0.15, 0.2) is 18.2 Å². The number of carbonyl (C=O) groups is 1. The SMILES string of the molecule is Cl.O=C(N1CCc2ccc([N+](=O)[O-])cc2C1)[C@@]12CCCC[C@H]1CNC2. The first kappa shape index (κ1) is 18.1. The van der Waals surface area contributed by atoms with Crippen LogP contribution in [-0.2, 0) is 17.8 Å². The van der Waals surface area contributed by atoms with Crippen LogP contribution in [-0.4, -0.2) is 35.4 Å². The van der Waals surface area contributed by atoms with E-state index in [2.05, 4.69) is 5.32 Å². The van der Waals surface area contributed by atoms with Crippen molar-refractivity contribution in [3.8, 4) is 0 Å². The normalized spacial score (nSPS) is 27.8. The fourth-order valence-electron chi connectivity index (χ4n) is 4.81. The Kier molecular flexibility index (Phi) is 5.02. The van der Waals surface area contributed by atoms with E-state index in [0.717, 1.165) is 56.4 Å². The molecule has 3 aliphatic rings. The standard InChI is InChI=1S/C18H23N3O3.ClH/c22-17(18-7-2-1-3-15(18)10-19-12-18)20-8-6-13-4-5-16(21(23)24)9-14(13)11-20;/h4-5,9,15,19H,1-3,6-8,10-12H2;1H/t15-,18+;/m0./s1. The zero-order valence-corrected chi connectivity index (χ0v) is 15.0. The van der Waals surface area contributed by atoms with Crippen molar-refractivity contribution in [3.63, 3.8) is 0 Å². The molecule has 1 saturated carbocycles. The number of hydrogen-bond acceptors (Lipinski definition) is 4. The molecule has 2 aliphatic heterocycles. The molecular formula is C18H24ClN3O3. The maximum absolute atomic E-state index is 13.3. The van der Waals surface area contributed by atoms with Gasteiger partial charge in [0.2, 0.25) is 5.91 Å². The highest BCUT2D eigenvalue weighted by atomic mass is 35.5. The lowest BCUT2D eigenvalue weighted by molar-refractivity contribution is -0.385. The summed E-state index contributed by atoms with van der Waals surface area (Å²) in [6, 6.07) is 5.04. The van der Waals surface area contributed by atoms with Gasteiger partial charge in [0.15, 0.2) is 0 Å².